The molecule has 1 aliphatic heterocycles. The second-order valence-electron chi connectivity index (χ2n) is 7.02. The van der Waals surface area contributed by atoms with E-state index in [4.69, 9.17) is 4.98 Å². The number of sulfonamides is 1. The minimum Gasteiger partial charge on any atom is -0.354 e. The molecule has 3 aliphatic rings. The fraction of sp³-hybridized carbons (Fsp3) is 0.750. The molecular weight excluding hydrogens is 312 g/mol. The first-order valence-electron chi connectivity index (χ1n) is 8.56. The molecule has 0 atom stereocenters. The van der Waals surface area contributed by atoms with E-state index in [9.17, 15) is 8.42 Å². The van der Waals surface area contributed by atoms with Gasteiger partial charge in [0, 0.05) is 43.4 Å². The summed E-state index contributed by atoms with van der Waals surface area (Å²) in [5.41, 5.74) is 2.16. The van der Waals surface area contributed by atoms with Gasteiger partial charge in [-0.1, -0.05) is 0 Å². The highest BCUT2D eigenvalue weighted by Crippen LogP contribution is 2.39. The zero-order chi connectivity index (χ0) is 16.2. The van der Waals surface area contributed by atoms with Gasteiger partial charge < -0.3 is 4.90 Å². The van der Waals surface area contributed by atoms with Crippen molar-refractivity contribution in [1.29, 1.82) is 0 Å². The Kier molecular flexibility index (Phi) is 3.61. The Morgan fingerprint density at radius 3 is 2.17 bits per heavy atom. The van der Waals surface area contributed by atoms with Crippen molar-refractivity contribution in [2.24, 2.45) is 0 Å². The second kappa shape index (κ2) is 5.41. The van der Waals surface area contributed by atoms with Crippen LogP contribution in [0.15, 0.2) is 0 Å². The molecule has 2 heterocycles. The molecule has 6 nitrogen and oxygen atoms in total. The summed E-state index contributed by atoms with van der Waals surface area (Å²) in [5, 5.41) is -0.112. The van der Waals surface area contributed by atoms with Crippen LogP contribution in [0.5, 0.6) is 0 Å². The van der Waals surface area contributed by atoms with Gasteiger partial charge in [0.1, 0.15) is 11.6 Å². The van der Waals surface area contributed by atoms with Crippen LogP contribution in [0.25, 0.3) is 0 Å². The minimum atomic E-state index is -3.05. The summed E-state index contributed by atoms with van der Waals surface area (Å²) >= 11 is 0. The van der Waals surface area contributed by atoms with Crippen LogP contribution in [0.4, 0.5) is 5.82 Å². The molecule has 2 aliphatic carbocycles. The lowest BCUT2D eigenvalue weighted by Gasteiger charge is -2.35. The molecule has 0 spiro atoms. The maximum absolute atomic E-state index is 12.3. The molecule has 7 heteroatoms. The number of piperazine rings is 1. The van der Waals surface area contributed by atoms with Gasteiger partial charge in [0.15, 0.2) is 0 Å². The smallest absolute Gasteiger partial charge is 0.217 e. The molecule has 4 rings (SSSR count). The summed E-state index contributed by atoms with van der Waals surface area (Å²) in [6, 6.07) is 0. The number of rotatable bonds is 4. The third-order valence-electron chi connectivity index (χ3n) is 5.17. The van der Waals surface area contributed by atoms with Crippen LogP contribution in [-0.2, 0) is 10.0 Å². The predicted octanol–water partition coefficient (Wildman–Crippen LogP) is 1.59. The highest BCUT2D eigenvalue weighted by atomic mass is 32.2. The first-order chi connectivity index (χ1) is 11.0. The molecule has 126 valence electrons. The van der Waals surface area contributed by atoms with E-state index in [-0.39, 0.29) is 5.25 Å². The van der Waals surface area contributed by atoms with Crippen LogP contribution < -0.4 is 4.90 Å². The maximum atomic E-state index is 12.3. The summed E-state index contributed by atoms with van der Waals surface area (Å²) in [5.74, 6) is 2.50. The third-order valence-corrected chi connectivity index (χ3v) is 7.57. The molecule has 0 bridgehead atoms. The number of hydrogen-bond donors (Lipinski definition) is 0. The van der Waals surface area contributed by atoms with E-state index in [1.807, 2.05) is 6.92 Å². The maximum Gasteiger partial charge on any atom is 0.217 e. The van der Waals surface area contributed by atoms with Crippen LogP contribution >= 0.6 is 0 Å². The second-order valence-corrected chi connectivity index (χ2v) is 9.23. The van der Waals surface area contributed by atoms with Crippen molar-refractivity contribution in [3.05, 3.63) is 17.1 Å². The quantitative estimate of drug-likeness (QED) is 0.835. The Labute approximate surface area is 138 Å². The minimum absolute atomic E-state index is 0.112. The molecular formula is C16H24N4O2S. The molecule has 1 saturated heterocycles. The van der Waals surface area contributed by atoms with Gasteiger partial charge in [0.05, 0.1) is 5.25 Å². The summed E-state index contributed by atoms with van der Waals surface area (Å²) in [6.07, 6.45) is 4.04. The van der Waals surface area contributed by atoms with Gasteiger partial charge in [-0.2, -0.15) is 4.31 Å². The van der Waals surface area contributed by atoms with Gasteiger partial charge in [-0.25, -0.2) is 18.4 Å². The first kappa shape index (κ1) is 15.3. The molecule has 0 radical (unpaired) electrons. The number of aryl methyl sites for hydroxylation is 1. The van der Waals surface area contributed by atoms with Crippen LogP contribution in [0, 0.1) is 13.8 Å². The van der Waals surface area contributed by atoms with Gasteiger partial charge >= 0.3 is 0 Å². The molecule has 23 heavy (non-hydrogen) atoms. The van der Waals surface area contributed by atoms with Crippen LogP contribution in [0.3, 0.4) is 0 Å². The SMILES string of the molecule is Cc1nc(C2CC2)nc(N2CCN(S(=O)(=O)C3CC3)CC2)c1C. The molecule has 0 aromatic carbocycles. The van der Waals surface area contributed by atoms with E-state index in [0.717, 1.165) is 35.7 Å². The predicted molar refractivity (Wildman–Crippen MR) is 89.2 cm³/mol. The Balaban J connectivity index is 1.52. The van der Waals surface area contributed by atoms with Crippen LogP contribution in [0.2, 0.25) is 0 Å². The number of anilines is 1. The Bertz CT molecular complexity index is 718. The number of aromatic nitrogens is 2. The monoisotopic (exact) mass is 336 g/mol. The molecule has 3 fully saturated rings. The van der Waals surface area contributed by atoms with Crippen molar-refractivity contribution in [2.75, 3.05) is 31.1 Å². The molecule has 1 aromatic rings. The van der Waals surface area contributed by atoms with E-state index < -0.39 is 10.0 Å². The van der Waals surface area contributed by atoms with E-state index in [0.29, 0.717) is 32.1 Å². The topological polar surface area (TPSA) is 66.4 Å². The van der Waals surface area contributed by atoms with Crippen molar-refractivity contribution in [3.63, 3.8) is 0 Å². The first-order valence-corrected chi connectivity index (χ1v) is 10.1. The summed E-state index contributed by atoms with van der Waals surface area (Å²) in [7, 11) is -3.05. The van der Waals surface area contributed by atoms with Gasteiger partial charge in [0.2, 0.25) is 10.0 Å². The van der Waals surface area contributed by atoms with Crippen molar-refractivity contribution < 1.29 is 8.42 Å². The molecule has 0 amide bonds. The number of hydrogen-bond acceptors (Lipinski definition) is 5. The molecule has 2 saturated carbocycles. The summed E-state index contributed by atoms with van der Waals surface area (Å²) in [4.78, 5) is 11.7. The fourth-order valence-corrected chi connectivity index (χ4v) is 5.02. The Hall–Kier alpha value is -1.21. The average Bonchev–Trinajstić information content (AvgIpc) is 3.41. The Morgan fingerprint density at radius 2 is 1.61 bits per heavy atom. The lowest BCUT2D eigenvalue weighted by atomic mass is 10.2. The molecule has 0 unspecified atom stereocenters. The highest BCUT2D eigenvalue weighted by Gasteiger charge is 2.41. The van der Waals surface area contributed by atoms with E-state index in [1.165, 1.54) is 12.8 Å². The van der Waals surface area contributed by atoms with Gasteiger partial charge in [-0.15, -0.1) is 0 Å². The molecule has 0 N–H and O–H groups in total. The average molecular weight is 336 g/mol. The zero-order valence-electron chi connectivity index (χ0n) is 13.8. The van der Waals surface area contributed by atoms with Gasteiger partial charge in [-0.3, -0.25) is 0 Å². The summed E-state index contributed by atoms with van der Waals surface area (Å²) in [6.45, 7) is 6.68. The van der Waals surface area contributed by atoms with Crippen LogP contribution in [-0.4, -0.2) is 54.1 Å². The van der Waals surface area contributed by atoms with Gasteiger partial charge in [-0.05, 0) is 39.5 Å². The van der Waals surface area contributed by atoms with Crippen molar-refractivity contribution in [2.45, 2.75) is 50.7 Å². The largest absolute Gasteiger partial charge is 0.354 e. The van der Waals surface area contributed by atoms with Crippen molar-refractivity contribution in [1.82, 2.24) is 14.3 Å². The normalized spacial score (nSPS) is 23.3. The number of nitrogens with zero attached hydrogens (tertiary/aromatic N) is 4. The van der Waals surface area contributed by atoms with Gasteiger partial charge in [0.25, 0.3) is 0 Å². The standard InChI is InChI=1S/C16H24N4O2S/c1-11-12(2)17-15(13-3-4-13)18-16(11)19-7-9-20(10-8-19)23(21,22)14-5-6-14/h13-14H,3-10H2,1-2H3. The van der Waals surface area contributed by atoms with E-state index in [2.05, 4.69) is 16.8 Å². The molecule has 1 aromatic heterocycles. The highest BCUT2D eigenvalue weighted by molar-refractivity contribution is 7.90. The van der Waals surface area contributed by atoms with E-state index >= 15 is 0 Å². The van der Waals surface area contributed by atoms with Crippen molar-refractivity contribution >= 4 is 15.8 Å². The van der Waals surface area contributed by atoms with E-state index in [1.54, 1.807) is 4.31 Å². The lowest BCUT2D eigenvalue weighted by molar-refractivity contribution is 0.382. The third kappa shape index (κ3) is 2.85. The fourth-order valence-electron chi connectivity index (χ4n) is 3.20. The van der Waals surface area contributed by atoms with Crippen molar-refractivity contribution in [3.8, 4) is 0 Å². The lowest BCUT2D eigenvalue weighted by Crippen LogP contribution is -2.50. The Morgan fingerprint density at radius 1 is 0.957 bits per heavy atom. The summed E-state index contributed by atoms with van der Waals surface area (Å²) < 4.78 is 26.4. The van der Waals surface area contributed by atoms with Crippen LogP contribution in [0.1, 0.15) is 48.7 Å². The zero-order valence-corrected chi connectivity index (χ0v) is 14.6.